The zero-order valence-corrected chi connectivity index (χ0v) is 10.8. The fourth-order valence-electron chi connectivity index (χ4n) is 0.963. The standard InChI is InChI=1S/C6H10O5.C4H6O6/c1-6(11,2-4(7)8)3-5(9)10;5-1(3(7)8)2(6)4(9)10/h11H,2-3H2,1H3,(H,7,8)(H,9,10);1-2,5-6H,(H,7,8)(H,9,10)/p-2. The van der Waals surface area contributed by atoms with E-state index in [1.54, 1.807) is 0 Å². The van der Waals surface area contributed by atoms with Gasteiger partial charge in [0.1, 0.15) is 6.10 Å². The third-order valence-corrected chi connectivity index (χ3v) is 1.85. The molecular weight excluding hydrogens is 296 g/mol. The van der Waals surface area contributed by atoms with Crippen molar-refractivity contribution in [2.45, 2.75) is 37.6 Å². The van der Waals surface area contributed by atoms with Gasteiger partial charge < -0.3 is 45.3 Å². The zero-order chi connectivity index (χ0) is 17.4. The third-order valence-electron chi connectivity index (χ3n) is 1.85. The summed E-state index contributed by atoms with van der Waals surface area (Å²) < 4.78 is 0. The predicted molar refractivity (Wildman–Crippen MR) is 57.2 cm³/mol. The first-order valence-electron chi connectivity index (χ1n) is 5.24. The van der Waals surface area contributed by atoms with Gasteiger partial charge in [-0.05, 0) is 6.92 Å². The molecule has 11 nitrogen and oxygen atoms in total. The van der Waals surface area contributed by atoms with Gasteiger partial charge >= 0.3 is 11.9 Å². The number of rotatable bonds is 7. The Kier molecular flexibility index (Phi) is 8.86. The van der Waals surface area contributed by atoms with Crippen LogP contribution >= 0.6 is 0 Å². The summed E-state index contributed by atoms with van der Waals surface area (Å²) in [6, 6.07) is 0. The average molecular weight is 310 g/mol. The van der Waals surface area contributed by atoms with Gasteiger partial charge in [-0.25, -0.2) is 4.79 Å². The predicted octanol–water partition coefficient (Wildman–Crippen LogP) is -5.11. The Hall–Kier alpha value is -2.24. The first kappa shape index (κ1) is 21.1. The van der Waals surface area contributed by atoms with Crippen LogP contribution in [0.2, 0.25) is 0 Å². The van der Waals surface area contributed by atoms with E-state index in [2.05, 4.69) is 0 Å². The van der Waals surface area contributed by atoms with Gasteiger partial charge in [-0.2, -0.15) is 0 Å². The molecule has 0 radical (unpaired) electrons. The van der Waals surface area contributed by atoms with Crippen LogP contribution in [0.3, 0.4) is 0 Å². The first-order valence-corrected chi connectivity index (χ1v) is 5.24. The SMILES string of the molecule is CC(O)(CC(=O)[O-])CC(=O)O.O=C([O-])C(O)C(O)C(=O)O. The fourth-order valence-corrected chi connectivity index (χ4v) is 0.963. The quantitative estimate of drug-likeness (QED) is 0.299. The number of carbonyl (C=O) groups excluding carboxylic acids is 2. The molecule has 3 atom stereocenters. The van der Waals surface area contributed by atoms with Crippen molar-refractivity contribution in [3.63, 3.8) is 0 Å². The molecule has 0 rings (SSSR count). The summed E-state index contributed by atoms with van der Waals surface area (Å²) in [5, 5.41) is 61.3. The molecule has 0 bridgehead atoms. The second-order valence-electron chi connectivity index (χ2n) is 4.16. The summed E-state index contributed by atoms with van der Waals surface area (Å²) in [7, 11) is 0. The van der Waals surface area contributed by atoms with Gasteiger partial charge in [-0.1, -0.05) is 0 Å². The molecule has 122 valence electrons. The fraction of sp³-hybridized carbons (Fsp3) is 0.600. The van der Waals surface area contributed by atoms with Crippen LogP contribution in [0, 0.1) is 0 Å². The summed E-state index contributed by atoms with van der Waals surface area (Å²) in [5.74, 6) is -6.53. The largest absolute Gasteiger partial charge is 0.550 e. The van der Waals surface area contributed by atoms with Crippen molar-refractivity contribution in [3.8, 4) is 0 Å². The van der Waals surface area contributed by atoms with Gasteiger partial charge in [-0.15, -0.1) is 0 Å². The molecule has 0 aliphatic heterocycles. The minimum Gasteiger partial charge on any atom is -0.550 e. The van der Waals surface area contributed by atoms with Crippen LogP contribution in [-0.4, -0.2) is 67.2 Å². The van der Waals surface area contributed by atoms with E-state index in [0.29, 0.717) is 0 Å². The molecule has 0 amide bonds. The molecule has 0 saturated heterocycles. The topological polar surface area (TPSA) is 216 Å². The van der Waals surface area contributed by atoms with Gasteiger partial charge in [0.2, 0.25) is 0 Å². The van der Waals surface area contributed by atoms with Crippen molar-refractivity contribution in [2.24, 2.45) is 0 Å². The first-order chi connectivity index (χ1) is 9.30. The summed E-state index contributed by atoms with van der Waals surface area (Å²) in [5.41, 5.74) is -1.72. The molecule has 0 aromatic rings. The maximum Gasteiger partial charge on any atom is 0.335 e. The molecule has 5 N–H and O–H groups in total. The van der Waals surface area contributed by atoms with Crippen molar-refractivity contribution in [1.82, 2.24) is 0 Å². The molecule has 0 aromatic carbocycles. The monoisotopic (exact) mass is 310 g/mol. The molecular formula is C10H14O11-2. The molecule has 11 heteroatoms. The second-order valence-corrected chi connectivity index (χ2v) is 4.16. The van der Waals surface area contributed by atoms with Crippen LogP contribution in [0.25, 0.3) is 0 Å². The average Bonchev–Trinajstić information content (AvgIpc) is 2.23. The third kappa shape index (κ3) is 11.3. The molecule has 0 aliphatic rings. The van der Waals surface area contributed by atoms with Crippen LogP contribution in [0.4, 0.5) is 0 Å². The van der Waals surface area contributed by atoms with E-state index in [4.69, 9.17) is 25.5 Å². The van der Waals surface area contributed by atoms with Gasteiger partial charge in [0, 0.05) is 12.4 Å². The normalized spacial score (nSPS) is 15.6. The van der Waals surface area contributed by atoms with Gasteiger partial charge in [0.15, 0.2) is 6.10 Å². The minimum atomic E-state index is -2.38. The zero-order valence-electron chi connectivity index (χ0n) is 10.8. The smallest absolute Gasteiger partial charge is 0.335 e. The van der Waals surface area contributed by atoms with Crippen molar-refractivity contribution >= 4 is 23.9 Å². The maximum atomic E-state index is 10.0. The highest BCUT2D eigenvalue weighted by Gasteiger charge is 2.24. The lowest BCUT2D eigenvalue weighted by atomic mass is 9.99. The van der Waals surface area contributed by atoms with E-state index in [1.165, 1.54) is 0 Å². The molecule has 0 aliphatic carbocycles. The lowest BCUT2D eigenvalue weighted by Gasteiger charge is -2.20. The van der Waals surface area contributed by atoms with Crippen molar-refractivity contribution in [1.29, 1.82) is 0 Å². The number of carboxylic acid groups (broad SMARTS) is 4. The summed E-state index contributed by atoms with van der Waals surface area (Å²) in [6.45, 7) is 1.14. The number of carbonyl (C=O) groups is 4. The Morgan fingerprint density at radius 2 is 1.43 bits per heavy atom. The maximum absolute atomic E-state index is 10.0. The van der Waals surface area contributed by atoms with E-state index >= 15 is 0 Å². The second kappa shape index (κ2) is 8.84. The molecule has 0 saturated carbocycles. The minimum absolute atomic E-state index is 0.596. The van der Waals surface area contributed by atoms with E-state index in [0.717, 1.165) is 6.92 Å². The van der Waals surface area contributed by atoms with Gasteiger partial charge in [-0.3, -0.25) is 4.79 Å². The Balaban J connectivity index is 0. The number of aliphatic carboxylic acids is 4. The molecule has 0 fully saturated rings. The van der Waals surface area contributed by atoms with Gasteiger partial charge in [0.05, 0.1) is 18.0 Å². The highest BCUT2D eigenvalue weighted by Crippen LogP contribution is 2.12. The summed E-state index contributed by atoms with van der Waals surface area (Å²) in [4.78, 5) is 39.4. The van der Waals surface area contributed by atoms with E-state index in [9.17, 15) is 29.4 Å². The number of aliphatic hydroxyl groups excluding tert-OH is 2. The summed E-state index contributed by atoms with van der Waals surface area (Å²) >= 11 is 0. The molecule has 0 heterocycles. The van der Waals surface area contributed by atoms with Crippen molar-refractivity contribution in [3.05, 3.63) is 0 Å². The van der Waals surface area contributed by atoms with E-state index in [1.807, 2.05) is 0 Å². The molecule has 0 aromatic heterocycles. The Labute approximate surface area is 117 Å². The van der Waals surface area contributed by atoms with Gasteiger partial charge in [0.25, 0.3) is 0 Å². The Morgan fingerprint density at radius 3 is 1.62 bits per heavy atom. The number of carboxylic acids is 4. The van der Waals surface area contributed by atoms with E-state index in [-0.39, 0.29) is 0 Å². The van der Waals surface area contributed by atoms with Crippen LogP contribution < -0.4 is 10.2 Å². The molecule has 0 spiro atoms. The lowest BCUT2D eigenvalue weighted by molar-refractivity contribution is -0.318. The van der Waals surface area contributed by atoms with Crippen LogP contribution in [-0.2, 0) is 19.2 Å². The highest BCUT2D eigenvalue weighted by molar-refractivity contribution is 5.82. The van der Waals surface area contributed by atoms with Crippen molar-refractivity contribution < 1.29 is 54.9 Å². The number of hydrogen-bond acceptors (Lipinski definition) is 9. The number of hydrogen-bond donors (Lipinski definition) is 5. The highest BCUT2D eigenvalue weighted by atomic mass is 16.4. The van der Waals surface area contributed by atoms with E-state index < -0.39 is 54.5 Å². The Morgan fingerprint density at radius 1 is 1.00 bits per heavy atom. The lowest BCUT2D eigenvalue weighted by Crippen LogP contribution is -2.46. The van der Waals surface area contributed by atoms with Crippen molar-refractivity contribution in [2.75, 3.05) is 0 Å². The Bertz CT molecular complexity index is 364. The molecule has 3 unspecified atom stereocenters. The van der Waals surface area contributed by atoms with Crippen LogP contribution in [0.5, 0.6) is 0 Å². The van der Waals surface area contributed by atoms with Crippen LogP contribution in [0.1, 0.15) is 19.8 Å². The van der Waals surface area contributed by atoms with Crippen LogP contribution in [0.15, 0.2) is 0 Å². The number of aliphatic hydroxyl groups is 3. The summed E-state index contributed by atoms with van der Waals surface area (Å²) in [6.07, 6.45) is -5.97. The molecule has 21 heavy (non-hydrogen) atoms.